The molecule has 1 saturated heterocycles. The van der Waals surface area contributed by atoms with Crippen LogP contribution >= 0.6 is 28.3 Å². The summed E-state index contributed by atoms with van der Waals surface area (Å²) in [7, 11) is 1.59. The Hall–Kier alpha value is -1.05. The number of likely N-dealkylation sites (tertiary alicyclic amines) is 1. The first-order valence-corrected chi connectivity index (χ1v) is 7.62. The average Bonchev–Trinajstić information content (AvgIpc) is 3.05. The molecule has 1 fully saturated rings. The van der Waals surface area contributed by atoms with Crippen LogP contribution in [0.1, 0.15) is 23.9 Å². The van der Waals surface area contributed by atoms with Crippen LogP contribution in [-0.4, -0.2) is 54.8 Å². The minimum atomic E-state index is -0.310. The van der Waals surface area contributed by atoms with Gasteiger partial charge in [-0.3, -0.25) is 9.59 Å². The molecule has 1 aliphatic heterocycles. The third-order valence-corrected chi connectivity index (χ3v) is 4.33. The summed E-state index contributed by atoms with van der Waals surface area (Å²) in [5.41, 5.74) is 5.73. The smallest absolute Gasteiger partial charge is 0.289 e. The number of nitrogens with zero attached hydrogens (tertiary/aromatic N) is 2. The predicted octanol–water partition coefficient (Wildman–Crippen LogP) is 1.73. The SMILES string of the molecule is CN(CC(=O)N1CCC(C)(CN)C1)C(=O)c1ccc(Br)o1.Cl. The summed E-state index contributed by atoms with van der Waals surface area (Å²) in [5.74, 6) is -0.158. The van der Waals surface area contributed by atoms with Gasteiger partial charge in [0.05, 0.1) is 6.54 Å². The Morgan fingerprint density at radius 1 is 1.50 bits per heavy atom. The van der Waals surface area contributed by atoms with E-state index >= 15 is 0 Å². The quantitative estimate of drug-likeness (QED) is 0.843. The summed E-state index contributed by atoms with van der Waals surface area (Å²) in [6.07, 6.45) is 0.901. The maximum absolute atomic E-state index is 12.3. The van der Waals surface area contributed by atoms with Crippen LogP contribution in [0.25, 0.3) is 0 Å². The van der Waals surface area contributed by atoms with Crippen molar-refractivity contribution in [3.8, 4) is 0 Å². The first kappa shape index (κ1) is 19.0. The van der Waals surface area contributed by atoms with E-state index in [1.54, 1.807) is 24.1 Å². The van der Waals surface area contributed by atoms with Crippen LogP contribution in [0.3, 0.4) is 0 Å². The van der Waals surface area contributed by atoms with Gasteiger partial charge in [0.2, 0.25) is 5.91 Å². The van der Waals surface area contributed by atoms with Gasteiger partial charge in [0.25, 0.3) is 5.91 Å². The third-order valence-electron chi connectivity index (χ3n) is 3.91. The number of hydrogen-bond acceptors (Lipinski definition) is 4. The Morgan fingerprint density at radius 3 is 2.68 bits per heavy atom. The Labute approximate surface area is 144 Å². The molecule has 2 rings (SSSR count). The molecule has 0 aromatic carbocycles. The molecular formula is C14H21BrClN3O3. The van der Waals surface area contributed by atoms with Crippen LogP contribution < -0.4 is 5.73 Å². The largest absolute Gasteiger partial charge is 0.444 e. The summed E-state index contributed by atoms with van der Waals surface area (Å²) in [5, 5.41) is 0. The lowest BCUT2D eigenvalue weighted by molar-refractivity contribution is -0.131. The van der Waals surface area contributed by atoms with Gasteiger partial charge < -0.3 is 20.0 Å². The minimum absolute atomic E-state index is 0. The van der Waals surface area contributed by atoms with E-state index in [9.17, 15) is 9.59 Å². The summed E-state index contributed by atoms with van der Waals surface area (Å²) < 4.78 is 5.70. The highest BCUT2D eigenvalue weighted by Gasteiger charge is 2.35. The highest BCUT2D eigenvalue weighted by atomic mass is 79.9. The topological polar surface area (TPSA) is 79.8 Å². The number of carbonyl (C=O) groups is 2. The molecule has 1 aromatic heterocycles. The predicted molar refractivity (Wildman–Crippen MR) is 89.0 cm³/mol. The molecule has 2 amide bonds. The molecule has 0 bridgehead atoms. The number of rotatable bonds is 4. The van der Waals surface area contributed by atoms with E-state index in [-0.39, 0.29) is 41.9 Å². The number of amides is 2. The Balaban J connectivity index is 0.00000242. The normalized spacial score (nSPS) is 20.6. The van der Waals surface area contributed by atoms with Crippen molar-refractivity contribution in [2.45, 2.75) is 13.3 Å². The van der Waals surface area contributed by atoms with Crippen molar-refractivity contribution in [2.24, 2.45) is 11.1 Å². The fourth-order valence-corrected chi connectivity index (χ4v) is 2.70. The van der Waals surface area contributed by atoms with Crippen molar-refractivity contribution in [1.82, 2.24) is 9.80 Å². The van der Waals surface area contributed by atoms with E-state index in [1.165, 1.54) is 4.90 Å². The van der Waals surface area contributed by atoms with Crippen molar-refractivity contribution >= 4 is 40.2 Å². The Morgan fingerprint density at radius 2 is 2.18 bits per heavy atom. The fraction of sp³-hybridized carbons (Fsp3) is 0.571. The zero-order valence-electron chi connectivity index (χ0n) is 12.7. The van der Waals surface area contributed by atoms with Crippen LogP contribution in [0.4, 0.5) is 0 Å². The zero-order valence-corrected chi connectivity index (χ0v) is 15.1. The molecule has 8 heteroatoms. The Bertz CT molecular complexity index is 551. The summed E-state index contributed by atoms with van der Waals surface area (Å²) in [4.78, 5) is 27.5. The zero-order chi connectivity index (χ0) is 15.6. The van der Waals surface area contributed by atoms with Crippen molar-refractivity contribution in [1.29, 1.82) is 0 Å². The molecule has 6 nitrogen and oxygen atoms in total. The van der Waals surface area contributed by atoms with Crippen molar-refractivity contribution in [3.05, 3.63) is 22.6 Å². The number of furan rings is 1. The van der Waals surface area contributed by atoms with Gasteiger partial charge in [0.1, 0.15) is 0 Å². The number of likely N-dealkylation sites (N-methyl/N-ethyl adjacent to an activating group) is 1. The van der Waals surface area contributed by atoms with Crippen molar-refractivity contribution in [2.75, 3.05) is 33.2 Å². The summed E-state index contributed by atoms with van der Waals surface area (Å²) >= 11 is 3.15. The molecule has 0 radical (unpaired) electrons. The molecule has 124 valence electrons. The molecule has 1 unspecified atom stereocenters. The second-order valence-corrected chi connectivity index (χ2v) is 6.63. The van der Waals surface area contributed by atoms with Crippen LogP contribution in [0.2, 0.25) is 0 Å². The minimum Gasteiger partial charge on any atom is -0.444 e. The van der Waals surface area contributed by atoms with Crippen molar-refractivity contribution < 1.29 is 14.0 Å². The number of hydrogen-bond donors (Lipinski definition) is 1. The molecule has 0 spiro atoms. The van der Waals surface area contributed by atoms with Gasteiger partial charge in [-0.25, -0.2) is 0 Å². The first-order chi connectivity index (χ1) is 9.84. The maximum Gasteiger partial charge on any atom is 0.289 e. The van der Waals surface area contributed by atoms with Gasteiger partial charge >= 0.3 is 0 Å². The van der Waals surface area contributed by atoms with E-state index in [0.29, 0.717) is 24.3 Å². The number of carbonyl (C=O) groups excluding carboxylic acids is 2. The lowest BCUT2D eigenvalue weighted by Crippen LogP contribution is -2.41. The lowest BCUT2D eigenvalue weighted by Gasteiger charge is -2.24. The van der Waals surface area contributed by atoms with E-state index < -0.39 is 0 Å². The van der Waals surface area contributed by atoms with E-state index in [1.807, 2.05) is 0 Å². The summed E-state index contributed by atoms with van der Waals surface area (Å²) in [6.45, 7) is 4.02. The highest BCUT2D eigenvalue weighted by Crippen LogP contribution is 2.28. The van der Waals surface area contributed by atoms with Crippen LogP contribution in [0, 0.1) is 5.41 Å². The fourth-order valence-electron chi connectivity index (χ4n) is 2.40. The van der Waals surface area contributed by atoms with Gasteiger partial charge in [0.15, 0.2) is 10.4 Å². The lowest BCUT2D eigenvalue weighted by atomic mass is 9.90. The molecule has 0 aliphatic carbocycles. The average molecular weight is 395 g/mol. The van der Waals surface area contributed by atoms with Crippen LogP contribution in [-0.2, 0) is 4.79 Å². The van der Waals surface area contributed by atoms with E-state index in [2.05, 4.69) is 22.9 Å². The van der Waals surface area contributed by atoms with Gasteiger partial charge in [-0.2, -0.15) is 0 Å². The summed E-state index contributed by atoms with van der Waals surface area (Å²) in [6, 6.07) is 3.23. The molecule has 1 aliphatic rings. The number of halogens is 2. The van der Waals surface area contributed by atoms with Gasteiger partial charge in [0, 0.05) is 20.1 Å². The van der Waals surface area contributed by atoms with Gasteiger partial charge in [-0.1, -0.05) is 6.92 Å². The second kappa shape index (κ2) is 7.48. The van der Waals surface area contributed by atoms with E-state index in [0.717, 1.165) is 6.42 Å². The third kappa shape index (κ3) is 4.24. The van der Waals surface area contributed by atoms with Gasteiger partial charge in [-0.05, 0) is 46.4 Å². The molecule has 0 saturated carbocycles. The molecule has 2 N–H and O–H groups in total. The molecule has 1 atom stereocenters. The first-order valence-electron chi connectivity index (χ1n) is 6.83. The van der Waals surface area contributed by atoms with E-state index in [4.69, 9.17) is 10.2 Å². The second-order valence-electron chi connectivity index (χ2n) is 5.85. The number of nitrogens with two attached hydrogens (primary N) is 1. The molecule has 1 aromatic rings. The van der Waals surface area contributed by atoms with Crippen LogP contribution in [0.15, 0.2) is 21.2 Å². The highest BCUT2D eigenvalue weighted by molar-refractivity contribution is 9.10. The van der Waals surface area contributed by atoms with Crippen LogP contribution in [0.5, 0.6) is 0 Å². The standard InChI is InChI=1S/C14H20BrN3O3.ClH/c1-14(8-16)5-6-18(9-14)12(19)7-17(2)13(20)10-3-4-11(15)21-10;/h3-4H,5-9,16H2,1-2H3;1H. The maximum atomic E-state index is 12.3. The molecule has 22 heavy (non-hydrogen) atoms. The monoisotopic (exact) mass is 393 g/mol. The molecular weight excluding hydrogens is 374 g/mol. The van der Waals surface area contributed by atoms with Crippen molar-refractivity contribution in [3.63, 3.8) is 0 Å². The van der Waals surface area contributed by atoms with Gasteiger partial charge in [-0.15, -0.1) is 12.4 Å². The Kier molecular flexibility index (Phi) is 6.46. The molecule has 2 heterocycles.